The molecular formula is C21H21FN4O. The van der Waals surface area contributed by atoms with Gasteiger partial charge in [-0.15, -0.1) is 0 Å². The van der Waals surface area contributed by atoms with Crippen molar-refractivity contribution in [1.29, 1.82) is 0 Å². The van der Waals surface area contributed by atoms with Crippen molar-refractivity contribution in [2.45, 2.75) is 19.4 Å². The second-order valence-electron chi connectivity index (χ2n) is 6.06. The van der Waals surface area contributed by atoms with E-state index in [0.717, 1.165) is 12.8 Å². The number of amides is 1. The lowest BCUT2D eigenvalue weighted by Gasteiger charge is -2.08. The monoisotopic (exact) mass is 364 g/mol. The van der Waals surface area contributed by atoms with E-state index in [9.17, 15) is 9.18 Å². The third-order valence-electron chi connectivity index (χ3n) is 4.05. The Morgan fingerprint density at radius 3 is 2.59 bits per heavy atom. The lowest BCUT2D eigenvalue weighted by atomic mass is 10.1. The number of hydrogen-bond acceptors (Lipinski definition) is 4. The Hall–Kier alpha value is -3.28. The highest BCUT2D eigenvalue weighted by atomic mass is 19.1. The molecule has 0 saturated heterocycles. The predicted molar refractivity (Wildman–Crippen MR) is 103 cm³/mol. The summed E-state index contributed by atoms with van der Waals surface area (Å²) in [7, 11) is 0. The van der Waals surface area contributed by atoms with Crippen LogP contribution >= 0.6 is 0 Å². The highest BCUT2D eigenvalue weighted by molar-refractivity contribution is 5.92. The standard InChI is InChI=1S/C21H21FN4O/c22-18-11-5-4-10-17(18)15-25-21-24-14-12-19(26-21)20(27)23-13-6-9-16-7-2-1-3-8-16/h1-5,7-8,10-12,14H,6,9,13,15H2,(H,23,27)(H,24,25,26). The van der Waals surface area contributed by atoms with Gasteiger partial charge in [-0.1, -0.05) is 48.5 Å². The first kappa shape index (κ1) is 18.5. The van der Waals surface area contributed by atoms with Crippen LogP contribution in [0.2, 0.25) is 0 Å². The molecule has 0 saturated carbocycles. The third-order valence-corrected chi connectivity index (χ3v) is 4.05. The highest BCUT2D eigenvalue weighted by Gasteiger charge is 2.09. The quantitative estimate of drug-likeness (QED) is 0.600. The zero-order valence-electron chi connectivity index (χ0n) is 14.9. The molecule has 0 aliphatic rings. The summed E-state index contributed by atoms with van der Waals surface area (Å²) in [5.41, 5.74) is 2.03. The van der Waals surface area contributed by atoms with Crippen molar-refractivity contribution in [2.24, 2.45) is 0 Å². The summed E-state index contributed by atoms with van der Waals surface area (Å²) in [6.45, 7) is 0.810. The number of rotatable bonds is 8. The van der Waals surface area contributed by atoms with Gasteiger partial charge in [-0.3, -0.25) is 4.79 Å². The number of hydrogen-bond donors (Lipinski definition) is 2. The molecule has 3 rings (SSSR count). The highest BCUT2D eigenvalue weighted by Crippen LogP contribution is 2.09. The summed E-state index contributed by atoms with van der Waals surface area (Å²) < 4.78 is 13.7. The molecular weight excluding hydrogens is 343 g/mol. The summed E-state index contributed by atoms with van der Waals surface area (Å²) >= 11 is 0. The van der Waals surface area contributed by atoms with Crippen molar-refractivity contribution in [3.05, 3.63) is 89.5 Å². The van der Waals surface area contributed by atoms with E-state index >= 15 is 0 Å². The molecule has 1 aromatic heterocycles. The molecule has 138 valence electrons. The van der Waals surface area contributed by atoms with Crippen LogP contribution in [0.4, 0.5) is 10.3 Å². The van der Waals surface area contributed by atoms with Crippen LogP contribution in [0.5, 0.6) is 0 Å². The molecule has 0 radical (unpaired) electrons. The minimum Gasteiger partial charge on any atom is -0.351 e. The number of nitrogens with one attached hydrogen (secondary N) is 2. The van der Waals surface area contributed by atoms with E-state index in [1.54, 1.807) is 24.3 Å². The van der Waals surface area contributed by atoms with Gasteiger partial charge in [0.1, 0.15) is 11.5 Å². The number of carbonyl (C=O) groups excluding carboxylic acids is 1. The van der Waals surface area contributed by atoms with E-state index in [-0.39, 0.29) is 29.9 Å². The predicted octanol–water partition coefficient (Wildman–Crippen LogP) is 3.59. The van der Waals surface area contributed by atoms with E-state index in [2.05, 4.69) is 32.7 Å². The minimum atomic E-state index is -0.294. The maximum Gasteiger partial charge on any atom is 0.270 e. The zero-order valence-corrected chi connectivity index (χ0v) is 14.9. The fourth-order valence-corrected chi connectivity index (χ4v) is 2.62. The van der Waals surface area contributed by atoms with Gasteiger partial charge in [-0.2, -0.15) is 0 Å². The fourth-order valence-electron chi connectivity index (χ4n) is 2.62. The van der Waals surface area contributed by atoms with Gasteiger partial charge in [-0.05, 0) is 30.5 Å². The molecule has 2 N–H and O–H groups in total. The topological polar surface area (TPSA) is 66.9 Å². The number of aryl methyl sites for hydroxylation is 1. The molecule has 0 spiro atoms. The van der Waals surface area contributed by atoms with E-state index in [1.165, 1.54) is 17.8 Å². The van der Waals surface area contributed by atoms with Gasteiger partial charge in [0.05, 0.1) is 0 Å². The molecule has 0 unspecified atom stereocenters. The van der Waals surface area contributed by atoms with Crippen molar-refractivity contribution in [2.75, 3.05) is 11.9 Å². The second kappa shape index (κ2) is 9.43. The van der Waals surface area contributed by atoms with Gasteiger partial charge in [0.25, 0.3) is 5.91 Å². The molecule has 1 amide bonds. The van der Waals surface area contributed by atoms with Crippen LogP contribution in [-0.2, 0) is 13.0 Å². The zero-order chi connectivity index (χ0) is 18.9. The largest absolute Gasteiger partial charge is 0.351 e. The van der Waals surface area contributed by atoms with Gasteiger partial charge < -0.3 is 10.6 Å². The van der Waals surface area contributed by atoms with Crippen LogP contribution in [0.25, 0.3) is 0 Å². The van der Waals surface area contributed by atoms with E-state index < -0.39 is 0 Å². The molecule has 0 atom stereocenters. The number of carbonyl (C=O) groups is 1. The Bertz CT molecular complexity index is 886. The Morgan fingerprint density at radius 2 is 1.78 bits per heavy atom. The molecule has 1 heterocycles. The number of anilines is 1. The van der Waals surface area contributed by atoms with Crippen molar-refractivity contribution in [3.8, 4) is 0 Å². The van der Waals surface area contributed by atoms with Crippen molar-refractivity contribution < 1.29 is 9.18 Å². The van der Waals surface area contributed by atoms with E-state index in [0.29, 0.717) is 12.1 Å². The van der Waals surface area contributed by atoms with Gasteiger partial charge in [0, 0.05) is 24.8 Å². The summed E-state index contributed by atoms with van der Waals surface area (Å²) in [6, 6.07) is 18.2. The number of benzene rings is 2. The van der Waals surface area contributed by atoms with Crippen LogP contribution in [0, 0.1) is 5.82 Å². The summed E-state index contributed by atoms with van der Waals surface area (Å²) in [6.07, 6.45) is 3.26. The van der Waals surface area contributed by atoms with Crippen LogP contribution in [0.15, 0.2) is 66.9 Å². The molecule has 6 heteroatoms. The first-order chi connectivity index (χ1) is 13.2. The SMILES string of the molecule is O=C(NCCCc1ccccc1)c1ccnc(NCc2ccccc2F)n1. The Labute approximate surface area is 157 Å². The third kappa shape index (κ3) is 5.60. The Kier molecular flexibility index (Phi) is 6.46. The van der Waals surface area contributed by atoms with Gasteiger partial charge >= 0.3 is 0 Å². The number of nitrogens with zero attached hydrogens (tertiary/aromatic N) is 2. The molecule has 0 bridgehead atoms. The average molecular weight is 364 g/mol. The Balaban J connectivity index is 1.49. The van der Waals surface area contributed by atoms with Crippen LogP contribution in [-0.4, -0.2) is 22.4 Å². The smallest absolute Gasteiger partial charge is 0.270 e. The molecule has 0 fully saturated rings. The van der Waals surface area contributed by atoms with Gasteiger partial charge in [0.2, 0.25) is 5.95 Å². The molecule has 3 aromatic rings. The number of aromatic nitrogens is 2. The normalized spacial score (nSPS) is 10.4. The summed E-state index contributed by atoms with van der Waals surface area (Å²) in [5, 5.41) is 5.81. The fraction of sp³-hybridized carbons (Fsp3) is 0.190. The van der Waals surface area contributed by atoms with E-state index in [4.69, 9.17) is 0 Å². The first-order valence-corrected chi connectivity index (χ1v) is 8.85. The maximum absolute atomic E-state index is 13.7. The molecule has 0 aliphatic heterocycles. The number of halogens is 1. The van der Waals surface area contributed by atoms with E-state index in [1.807, 2.05) is 18.2 Å². The lowest BCUT2D eigenvalue weighted by Crippen LogP contribution is -2.26. The minimum absolute atomic E-state index is 0.245. The first-order valence-electron chi connectivity index (χ1n) is 8.85. The van der Waals surface area contributed by atoms with Crippen molar-refractivity contribution in [3.63, 3.8) is 0 Å². The van der Waals surface area contributed by atoms with Gasteiger partial charge in [0.15, 0.2) is 0 Å². The molecule has 27 heavy (non-hydrogen) atoms. The van der Waals surface area contributed by atoms with Crippen LogP contribution < -0.4 is 10.6 Å². The molecule has 0 aliphatic carbocycles. The Morgan fingerprint density at radius 1 is 1.00 bits per heavy atom. The van der Waals surface area contributed by atoms with Crippen molar-refractivity contribution >= 4 is 11.9 Å². The van der Waals surface area contributed by atoms with Crippen LogP contribution in [0.1, 0.15) is 28.0 Å². The summed E-state index contributed by atoms with van der Waals surface area (Å²) in [5.74, 6) is -0.257. The lowest BCUT2D eigenvalue weighted by molar-refractivity contribution is 0.0948. The summed E-state index contributed by atoms with van der Waals surface area (Å²) in [4.78, 5) is 20.5. The van der Waals surface area contributed by atoms with Crippen LogP contribution in [0.3, 0.4) is 0 Å². The van der Waals surface area contributed by atoms with Gasteiger partial charge in [-0.25, -0.2) is 14.4 Å². The average Bonchev–Trinajstić information content (AvgIpc) is 2.71. The second-order valence-corrected chi connectivity index (χ2v) is 6.06. The molecule has 2 aromatic carbocycles. The maximum atomic E-state index is 13.7. The van der Waals surface area contributed by atoms with Crippen molar-refractivity contribution in [1.82, 2.24) is 15.3 Å². The molecule has 5 nitrogen and oxygen atoms in total.